The van der Waals surface area contributed by atoms with Gasteiger partial charge in [-0.1, -0.05) is 87.4 Å². The molecule has 30 heavy (non-hydrogen) atoms. The molecule has 0 spiro atoms. The zero-order valence-corrected chi connectivity index (χ0v) is 20.9. The van der Waals surface area contributed by atoms with E-state index < -0.39 is 0 Å². The molecular formula is C29H42O. The number of hydrogen-bond acceptors (Lipinski definition) is 1. The van der Waals surface area contributed by atoms with Gasteiger partial charge in [-0.2, -0.15) is 0 Å². The molecule has 0 saturated carbocycles. The third-order valence-corrected chi connectivity index (χ3v) is 6.22. The predicted octanol–water partition coefficient (Wildman–Crippen LogP) is 8.73. The average Bonchev–Trinajstić information content (AvgIpc) is 2.66. The van der Waals surface area contributed by atoms with Crippen LogP contribution in [0.2, 0.25) is 0 Å². The van der Waals surface area contributed by atoms with E-state index >= 15 is 0 Å². The van der Waals surface area contributed by atoms with Gasteiger partial charge in [0.25, 0.3) is 0 Å². The molecule has 2 aromatic carbocycles. The molecule has 0 atom stereocenters. The highest BCUT2D eigenvalue weighted by Crippen LogP contribution is 2.33. The van der Waals surface area contributed by atoms with E-state index in [1.54, 1.807) is 0 Å². The Labute approximate surface area is 185 Å². The van der Waals surface area contributed by atoms with E-state index in [0.29, 0.717) is 36.0 Å². The fourth-order valence-corrected chi connectivity index (χ4v) is 4.08. The first-order valence-corrected chi connectivity index (χ1v) is 11.8. The average molecular weight is 407 g/mol. The Morgan fingerprint density at radius 3 is 1.27 bits per heavy atom. The summed E-state index contributed by atoms with van der Waals surface area (Å²) in [6.45, 7) is 22.3. The molecule has 0 aliphatic rings. The van der Waals surface area contributed by atoms with Crippen LogP contribution in [0.25, 0.3) is 0 Å². The Morgan fingerprint density at radius 1 is 0.567 bits per heavy atom. The van der Waals surface area contributed by atoms with Gasteiger partial charge in [0.2, 0.25) is 0 Å². The summed E-state index contributed by atoms with van der Waals surface area (Å²) in [4.78, 5) is 13.5. The highest BCUT2D eigenvalue weighted by atomic mass is 16.1. The fraction of sp³-hybridized carbons (Fsp3) is 0.552. The van der Waals surface area contributed by atoms with Gasteiger partial charge in [0.1, 0.15) is 0 Å². The second-order valence-corrected chi connectivity index (χ2v) is 10.4. The highest BCUT2D eigenvalue weighted by Gasteiger charge is 2.21. The first-order valence-electron chi connectivity index (χ1n) is 11.8. The normalized spacial score (nSPS) is 12.1. The van der Waals surface area contributed by atoms with Crippen LogP contribution in [-0.4, -0.2) is 5.78 Å². The molecule has 1 heteroatoms. The summed E-state index contributed by atoms with van der Waals surface area (Å²) in [6.07, 6.45) is 0.485. The van der Waals surface area contributed by atoms with E-state index in [9.17, 15) is 4.79 Å². The lowest BCUT2D eigenvalue weighted by molar-refractivity contribution is 0.0992. The smallest absolute Gasteiger partial charge is 0.167 e. The molecule has 0 saturated heterocycles. The number of Topliss-reactive ketones (excluding diaryl/α,β-unsaturated/α-hetero) is 1. The zero-order valence-electron chi connectivity index (χ0n) is 20.9. The quantitative estimate of drug-likeness (QED) is 0.400. The number of rotatable bonds is 8. The largest absolute Gasteiger partial charge is 0.294 e. The van der Waals surface area contributed by atoms with Crippen LogP contribution >= 0.6 is 0 Å². The van der Waals surface area contributed by atoms with Crippen LogP contribution in [-0.2, 0) is 6.42 Å². The minimum Gasteiger partial charge on any atom is -0.294 e. The highest BCUT2D eigenvalue weighted by molar-refractivity contribution is 5.98. The topological polar surface area (TPSA) is 17.1 Å². The van der Waals surface area contributed by atoms with Gasteiger partial charge in [0.05, 0.1) is 0 Å². The molecule has 0 aliphatic heterocycles. The molecule has 0 aromatic heterocycles. The van der Waals surface area contributed by atoms with E-state index in [2.05, 4.69) is 99.6 Å². The first kappa shape index (κ1) is 24.4. The van der Waals surface area contributed by atoms with Crippen molar-refractivity contribution in [3.05, 3.63) is 69.3 Å². The van der Waals surface area contributed by atoms with Gasteiger partial charge in [-0.25, -0.2) is 0 Å². The molecule has 0 N–H and O–H groups in total. The van der Waals surface area contributed by atoms with Crippen molar-refractivity contribution in [2.45, 2.75) is 105 Å². The maximum absolute atomic E-state index is 13.5. The minimum absolute atomic E-state index is 0.237. The van der Waals surface area contributed by atoms with Crippen LogP contribution in [0.4, 0.5) is 0 Å². The van der Waals surface area contributed by atoms with Crippen molar-refractivity contribution in [3.63, 3.8) is 0 Å². The maximum Gasteiger partial charge on any atom is 0.167 e. The minimum atomic E-state index is 0.237. The Kier molecular flexibility index (Phi) is 8.08. The molecule has 2 rings (SSSR count). The van der Waals surface area contributed by atoms with E-state index in [1.165, 1.54) is 33.4 Å². The van der Waals surface area contributed by atoms with Crippen molar-refractivity contribution in [2.75, 3.05) is 0 Å². The Morgan fingerprint density at radius 2 is 0.933 bits per heavy atom. The Bertz CT molecular complexity index is 826. The SMILES string of the molecule is CC(C)c1cc(C(=O)Cc2c(C(C)C)cc(C(C)C)cc2C(C)C)cc(C(C)C)c1. The molecule has 0 aliphatic carbocycles. The summed E-state index contributed by atoms with van der Waals surface area (Å²) >= 11 is 0. The summed E-state index contributed by atoms with van der Waals surface area (Å²) in [5.41, 5.74) is 8.67. The number of benzene rings is 2. The summed E-state index contributed by atoms with van der Waals surface area (Å²) in [7, 11) is 0. The van der Waals surface area contributed by atoms with Crippen molar-refractivity contribution < 1.29 is 4.79 Å². The molecule has 164 valence electrons. The molecule has 1 nitrogen and oxygen atoms in total. The van der Waals surface area contributed by atoms with Crippen molar-refractivity contribution in [3.8, 4) is 0 Å². The van der Waals surface area contributed by atoms with E-state index in [4.69, 9.17) is 0 Å². The molecule has 2 aromatic rings. The lowest BCUT2D eigenvalue weighted by Gasteiger charge is -2.23. The molecule has 0 bridgehead atoms. The fourth-order valence-electron chi connectivity index (χ4n) is 4.08. The van der Waals surface area contributed by atoms with Crippen LogP contribution in [0.5, 0.6) is 0 Å². The maximum atomic E-state index is 13.5. The summed E-state index contributed by atoms with van der Waals surface area (Å²) < 4.78 is 0. The van der Waals surface area contributed by atoms with Crippen molar-refractivity contribution in [2.24, 2.45) is 0 Å². The van der Waals surface area contributed by atoms with Gasteiger partial charge in [-0.05, 0) is 75.1 Å². The Hall–Kier alpha value is -1.89. The van der Waals surface area contributed by atoms with Gasteiger partial charge < -0.3 is 0 Å². The van der Waals surface area contributed by atoms with Crippen LogP contribution in [0.1, 0.15) is 143 Å². The zero-order chi connectivity index (χ0) is 22.7. The monoisotopic (exact) mass is 406 g/mol. The molecular weight excluding hydrogens is 364 g/mol. The number of carbonyl (C=O) groups excluding carboxylic acids is 1. The Balaban J connectivity index is 2.58. The van der Waals surface area contributed by atoms with E-state index in [1.807, 2.05) is 0 Å². The molecule has 0 unspecified atom stereocenters. The van der Waals surface area contributed by atoms with E-state index in [-0.39, 0.29) is 5.78 Å². The third-order valence-electron chi connectivity index (χ3n) is 6.22. The van der Waals surface area contributed by atoms with Crippen LogP contribution in [0, 0.1) is 0 Å². The lowest BCUT2D eigenvalue weighted by atomic mass is 9.82. The van der Waals surface area contributed by atoms with Crippen LogP contribution < -0.4 is 0 Å². The summed E-state index contributed by atoms with van der Waals surface area (Å²) in [5.74, 6) is 2.35. The van der Waals surface area contributed by atoms with Crippen LogP contribution in [0.15, 0.2) is 30.3 Å². The standard InChI is InChI=1S/C29H42O/c1-17(2)22-11-23(18(3)4)13-25(12-22)29(30)16-28-26(20(7)8)14-24(19(5)6)15-27(28)21(9)10/h11-15,17-21H,16H2,1-10H3. The van der Waals surface area contributed by atoms with Crippen LogP contribution in [0.3, 0.4) is 0 Å². The first-order chi connectivity index (χ1) is 13.9. The third kappa shape index (κ3) is 5.62. The number of carbonyl (C=O) groups is 1. The second kappa shape index (κ2) is 9.94. The summed E-state index contributed by atoms with van der Waals surface area (Å²) in [5, 5.41) is 0. The number of hydrogen-bond donors (Lipinski definition) is 0. The molecule has 0 radical (unpaired) electrons. The van der Waals surface area contributed by atoms with Gasteiger partial charge in [0, 0.05) is 12.0 Å². The predicted molar refractivity (Wildman–Crippen MR) is 131 cm³/mol. The van der Waals surface area contributed by atoms with Crippen molar-refractivity contribution >= 4 is 5.78 Å². The number of ketones is 1. The van der Waals surface area contributed by atoms with Gasteiger partial charge in [0.15, 0.2) is 5.78 Å². The molecule has 0 amide bonds. The van der Waals surface area contributed by atoms with Gasteiger partial charge in [-0.3, -0.25) is 4.79 Å². The summed E-state index contributed by atoms with van der Waals surface area (Å²) in [6, 6.07) is 11.2. The van der Waals surface area contributed by atoms with Crippen molar-refractivity contribution in [1.82, 2.24) is 0 Å². The molecule has 0 fully saturated rings. The van der Waals surface area contributed by atoms with E-state index in [0.717, 1.165) is 5.56 Å². The van der Waals surface area contributed by atoms with Gasteiger partial charge in [-0.15, -0.1) is 0 Å². The lowest BCUT2D eigenvalue weighted by Crippen LogP contribution is -2.13. The molecule has 0 heterocycles. The van der Waals surface area contributed by atoms with Crippen molar-refractivity contribution in [1.29, 1.82) is 0 Å². The van der Waals surface area contributed by atoms with Gasteiger partial charge >= 0.3 is 0 Å². The second-order valence-electron chi connectivity index (χ2n) is 10.4.